The molecule has 1 aliphatic rings. The highest BCUT2D eigenvalue weighted by atomic mass is 33.1. The van der Waals surface area contributed by atoms with Crippen molar-refractivity contribution in [1.82, 2.24) is 68.8 Å². The average molecular weight is 1650 g/mol. The molecule has 11 amide bonds. The minimum atomic E-state index is -1.96. The van der Waals surface area contributed by atoms with Crippen LogP contribution in [0.1, 0.15) is 85.9 Å². The number of nitrogens with one attached hydrogen (secondary N) is 13. The Bertz CT molecular complexity index is 4470. The molecule has 22 N–H and O–H groups in total. The summed E-state index contributed by atoms with van der Waals surface area (Å²) in [6.45, 7) is 5.73. The third kappa shape index (κ3) is 28.9. The maximum absolute atomic E-state index is 15.7. The van der Waals surface area contributed by atoms with E-state index >= 15 is 24.0 Å². The normalized spacial score (nSPS) is 22.7. The van der Waals surface area contributed by atoms with Gasteiger partial charge < -0.3 is 106 Å². The summed E-state index contributed by atoms with van der Waals surface area (Å²) < 4.78 is 0. The van der Waals surface area contributed by atoms with E-state index in [0.29, 0.717) is 57.2 Å². The van der Waals surface area contributed by atoms with Crippen LogP contribution >= 0.6 is 21.6 Å². The Balaban J connectivity index is 1.22. The Morgan fingerprint density at radius 3 is 1.33 bits per heavy atom. The number of H-pyrrole nitrogens is 1. The SMILES string of the molecule is CC(C)NCc1ccc(C[C@@H]2NC(=O)[C@@H](Cc3c[nH]c4ccccc34)NC(=O)[C@H](Cc3ccccc3)NC(=O)[C@H](Cc3ccccc3)NC(=O)[C@H](CCCCN)NC(=O)[C@@H](NC(=O)[C@@H](N)Cc3ccc(O)cc3)CSSC[C@@H](C(=O)O)NC(=O)[C@H](CO)NC(=O)[C@H]([C@@H](C)O)NC(=O)[C@H](Cc3ccccc3)NC(=O)[C@H]([C@@H](C)O)NC2=O)cc1. The lowest BCUT2D eigenvalue weighted by Crippen LogP contribution is -2.63. The van der Waals surface area contributed by atoms with Crippen molar-refractivity contribution in [2.24, 2.45) is 11.5 Å². The maximum Gasteiger partial charge on any atom is 0.327 e. The van der Waals surface area contributed by atoms with Gasteiger partial charge in [-0.1, -0.05) is 181 Å². The van der Waals surface area contributed by atoms with Crippen LogP contribution in [-0.2, 0) is 103 Å². The van der Waals surface area contributed by atoms with Crippen LogP contribution in [0.5, 0.6) is 5.75 Å². The number of hydrogen-bond acceptors (Lipinski definition) is 21. The zero-order chi connectivity index (χ0) is 84.7. The molecule has 117 heavy (non-hydrogen) atoms. The number of carbonyl (C=O) groups is 12. The summed E-state index contributed by atoms with van der Waals surface area (Å²) in [5.74, 6) is -13.8. The number of aromatic hydroxyl groups is 1. The van der Waals surface area contributed by atoms with Crippen LogP contribution in [0.15, 0.2) is 170 Å². The number of amides is 11. The van der Waals surface area contributed by atoms with E-state index in [0.717, 1.165) is 34.1 Å². The van der Waals surface area contributed by atoms with Gasteiger partial charge in [0.15, 0.2) is 0 Å². The van der Waals surface area contributed by atoms with Crippen molar-refractivity contribution < 1.29 is 83.1 Å². The molecule has 7 aromatic rings. The summed E-state index contributed by atoms with van der Waals surface area (Å²) in [6.07, 6.45) is -2.69. The van der Waals surface area contributed by atoms with Crippen molar-refractivity contribution in [2.75, 3.05) is 24.7 Å². The smallest absolute Gasteiger partial charge is 0.327 e. The van der Waals surface area contributed by atoms with E-state index < -0.39 is 168 Å². The van der Waals surface area contributed by atoms with Gasteiger partial charge in [0.05, 0.1) is 24.9 Å². The van der Waals surface area contributed by atoms with Crippen LogP contribution < -0.4 is 75.3 Å². The zero-order valence-electron chi connectivity index (χ0n) is 65.3. The number of carbonyl (C=O) groups excluding carboxylic acids is 11. The van der Waals surface area contributed by atoms with E-state index in [9.17, 15) is 59.1 Å². The molecule has 2 heterocycles. The molecule has 0 spiro atoms. The molecule has 14 atom stereocenters. The molecule has 626 valence electrons. The fourth-order valence-corrected chi connectivity index (χ4v) is 15.1. The number of phenols is 1. The second-order valence-corrected chi connectivity index (χ2v) is 31.6. The fourth-order valence-electron chi connectivity index (χ4n) is 12.7. The van der Waals surface area contributed by atoms with E-state index in [1.165, 1.54) is 31.2 Å². The molecule has 1 saturated heterocycles. The third-order valence-electron chi connectivity index (χ3n) is 19.3. The highest BCUT2D eigenvalue weighted by Crippen LogP contribution is 2.25. The number of hydrogen-bond donors (Lipinski definition) is 20. The van der Waals surface area contributed by atoms with Crippen molar-refractivity contribution in [3.8, 4) is 5.75 Å². The zero-order valence-corrected chi connectivity index (χ0v) is 67.0. The van der Waals surface area contributed by atoms with Gasteiger partial charge in [-0.2, -0.15) is 0 Å². The first-order chi connectivity index (χ1) is 56.1. The molecule has 1 aromatic heterocycles. The Labute approximate surface area is 685 Å². The number of phenolic OH excluding ortho intramolecular Hbond substituents is 1. The molecule has 1 aliphatic heterocycles. The molecule has 0 saturated carbocycles. The van der Waals surface area contributed by atoms with Crippen LogP contribution in [0.2, 0.25) is 0 Å². The second kappa shape index (κ2) is 45.9. The molecule has 0 unspecified atom stereocenters. The fraction of sp³-hybridized carbons (Fsp3) is 0.398. The third-order valence-corrected chi connectivity index (χ3v) is 21.8. The van der Waals surface area contributed by atoms with Gasteiger partial charge in [-0.05, 0) is 103 Å². The summed E-state index contributed by atoms with van der Waals surface area (Å²) in [5.41, 5.74) is 17.0. The van der Waals surface area contributed by atoms with E-state index in [-0.39, 0.29) is 75.5 Å². The summed E-state index contributed by atoms with van der Waals surface area (Å²) >= 11 is 0. The molecule has 1 fully saturated rings. The van der Waals surface area contributed by atoms with E-state index in [1.807, 2.05) is 26.0 Å². The number of aliphatic hydroxyl groups excluding tert-OH is 3. The average Bonchev–Trinajstić information content (AvgIpc) is 1.64. The van der Waals surface area contributed by atoms with Gasteiger partial charge in [0, 0.05) is 73.3 Å². The van der Waals surface area contributed by atoms with Crippen molar-refractivity contribution in [2.45, 2.75) is 183 Å². The number of rotatable bonds is 25. The first-order valence-electron chi connectivity index (χ1n) is 38.6. The van der Waals surface area contributed by atoms with Gasteiger partial charge in [0.25, 0.3) is 0 Å². The minimum absolute atomic E-state index is 0.0533. The van der Waals surface area contributed by atoms with Crippen molar-refractivity contribution >= 4 is 103 Å². The molecule has 0 radical (unpaired) electrons. The molecular formula is C83H105N15O17S2. The van der Waals surface area contributed by atoms with E-state index in [1.54, 1.807) is 134 Å². The quantitative estimate of drug-likeness (QED) is 0.0267. The Morgan fingerprint density at radius 2 is 0.863 bits per heavy atom. The predicted octanol–water partition coefficient (Wildman–Crippen LogP) is 0.150. The minimum Gasteiger partial charge on any atom is -0.508 e. The van der Waals surface area contributed by atoms with E-state index in [2.05, 4.69) is 68.8 Å². The Kier molecular flexibility index (Phi) is 35.8. The van der Waals surface area contributed by atoms with Crippen LogP contribution in [0.3, 0.4) is 0 Å². The molecule has 0 bridgehead atoms. The Morgan fingerprint density at radius 1 is 0.462 bits per heavy atom. The number of nitrogens with two attached hydrogens (primary N) is 2. The van der Waals surface area contributed by atoms with Gasteiger partial charge in [0.2, 0.25) is 65.0 Å². The van der Waals surface area contributed by atoms with E-state index in [4.69, 9.17) is 11.5 Å². The molecular weight excluding hydrogens is 1540 g/mol. The van der Waals surface area contributed by atoms with Crippen LogP contribution in [0.25, 0.3) is 10.9 Å². The number of aliphatic hydroxyl groups is 3. The maximum atomic E-state index is 15.7. The second-order valence-electron chi connectivity index (χ2n) is 29.0. The largest absolute Gasteiger partial charge is 0.508 e. The number of para-hydroxylation sites is 1. The molecule has 6 aromatic carbocycles. The number of aromatic nitrogens is 1. The van der Waals surface area contributed by atoms with Crippen LogP contribution in [-0.4, -0.2) is 217 Å². The summed E-state index contributed by atoms with van der Waals surface area (Å²) in [4.78, 5) is 180. The highest BCUT2D eigenvalue weighted by Gasteiger charge is 2.40. The summed E-state index contributed by atoms with van der Waals surface area (Å²) in [6, 6.07) is 25.6. The number of fused-ring (bicyclic) bond motifs is 1. The standard InChI is InChI=1S/C83H105N15O17S2/c1-47(2)86-42-55-29-27-54(28-30-55)40-64-77(108)97-70(48(3)100)81(112)93-65(39-52-22-12-7-13-23-52)78(109)98-71(49(4)101)82(113)94-67(44-99)79(110)96-69(83(114)115)46-117-116-45-68(95-72(103)59(85)36-53-31-33-57(102)34-32-53)80(111)88-61(26-16-17-35-84)73(104)89-62(37-50-18-8-5-9-19-50)74(105)90-63(38-51-20-10-6-11-21-51)75(106)92-66(76(107)91-64)41-56-43-87-60-25-15-14-24-58(56)60/h5-15,18-25,27-34,43,47-49,59,61-71,86-87,99-102H,16-17,26,35-42,44-46,84-85H2,1-4H3,(H,88,111)(H,89,104)(H,90,105)(H,91,107)(H,92,106)(H,93,112)(H,94,113)(H,95,103)(H,96,110)(H,97,108)(H,98,109)(H,114,115)/t48-,49-,59+,61+,62+,63+,64+,65+,66-,67+,68+,69+,70+,71+/m1/s1. The lowest BCUT2D eigenvalue weighted by Gasteiger charge is -2.29. The van der Waals surface area contributed by atoms with Crippen molar-refractivity contribution in [3.05, 3.63) is 209 Å². The highest BCUT2D eigenvalue weighted by molar-refractivity contribution is 8.76. The van der Waals surface area contributed by atoms with Gasteiger partial charge in [-0.3, -0.25) is 52.7 Å². The van der Waals surface area contributed by atoms with Gasteiger partial charge >= 0.3 is 5.97 Å². The lowest BCUT2D eigenvalue weighted by atomic mass is 9.99. The first kappa shape index (κ1) is 91.3. The van der Waals surface area contributed by atoms with Gasteiger partial charge in [-0.25, -0.2) is 4.79 Å². The number of carboxylic acid groups (broad SMARTS) is 1. The molecule has 34 heteroatoms. The predicted molar refractivity (Wildman–Crippen MR) is 441 cm³/mol. The van der Waals surface area contributed by atoms with Crippen molar-refractivity contribution in [1.29, 1.82) is 0 Å². The summed E-state index contributed by atoms with van der Waals surface area (Å²) in [5, 5.41) is 86.3. The first-order valence-corrected chi connectivity index (χ1v) is 41.0. The topological polar surface area (TPSA) is 518 Å². The lowest BCUT2D eigenvalue weighted by molar-refractivity contribution is -0.142. The number of carboxylic acids is 1. The number of aromatic amines is 1. The monoisotopic (exact) mass is 1650 g/mol. The summed E-state index contributed by atoms with van der Waals surface area (Å²) in [7, 11) is 1.65. The number of benzene rings is 6. The number of aliphatic carboxylic acids is 1. The van der Waals surface area contributed by atoms with Gasteiger partial charge in [-0.15, -0.1) is 0 Å². The van der Waals surface area contributed by atoms with Crippen molar-refractivity contribution in [3.63, 3.8) is 0 Å². The Hall–Kier alpha value is -11.2. The van der Waals surface area contributed by atoms with Gasteiger partial charge in [0.1, 0.15) is 72.2 Å². The van der Waals surface area contributed by atoms with Crippen LogP contribution in [0.4, 0.5) is 0 Å². The van der Waals surface area contributed by atoms with Crippen LogP contribution in [0, 0.1) is 0 Å². The molecule has 8 rings (SSSR count). The molecule has 32 nitrogen and oxygen atoms in total. The molecule has 0 aliphatic carbocycles. The number of unbranched alkanes of at least 4 members (excludes halogenated alkanes) is 1.